The van der Waals surface area contributed by atoms with Crippen molar-refractivity contribution in [2.75, 3.05) is 14.2 Å². The molecule has 0 amide bonds. The van der Waals surface area contributed by atoms with E-state index in [4.69, 9.17) is 9.47 Å². The Bertz CT molecular complexity index is 341. The summed E-state index contributed by atoms with van der Waals surface area (Å²) in [7, 11) is 3.23. The molecule has 0 bridgehead atoms. The monoisotopic (exact) mass is 252 g/mol. The van der Waals surface area contributed by atoms with Crippen LogP contribution in [0.5, 0.6) is 11.5 Å². The first-order chi connectivity index (χ1) is 8.62. The molecule has 3 heteroatoms. The van der Waals surface area contributed by atoms with Crippen LogP contribution in [-0.2, 0) is 0 Å². The molecule has 0 aliphatic carbocycles. The largest absolute Gasteiger partial charge is 0.497 e. The molecule has 0 aliphatic rings. The molecule has 3 nitrogen and oxygen atoms in total. The fourth-order valence-electron chi connectivity index (χ4n) is 2.01. The van der Waals surface area contributed by atoms with Crippen molar-refractivity contribution in [3.05, 3.63) is 23.8 Å². The van der Waals surface area contributed by atoms with E-state index >= 15 is 0 Å². The Kier molecular flexibility index (Phi) is 5.99. The van der Waals surface area contributed by atoms with Crippen molar-refractivity contribution in [3.8, 4) is 11.5 Å². The molecule has 0 saturated carbocycles. The summed E-state index contributed by atoms with van der Waals surface area (Å²) in [6.07, 6.45) is 2.84. The zero-order valence-corrected chi connectivity index (χ0v) is 11.8. The van der Waals surface area contributed by atoms with Gasteiger partial charge in [-0.15, -0.1) is 0 Å². The molecule has 0 aromatic heterocycles. The number of benzene rings is 1. The van der Waals surface area contributed by atoms with Crippen molar-refractivity contribution < 1.29 is 14.6 Å². The Balaban J connectivity index is 2.86. The van der Waals surface area contributed by atoms with Gasteiger partial charge < -0.3 is 14.6 Å². The van der Waals surface area contributed by atoms with E-state index in [1.807, 2.05) is 18.2 Å². The average Bonchev–Trinajstić information content (AvgIpc) is 2.43. The number of aliphatic hydroxyl groups excluding tert-OH is 1. The molecule has 102 valence electrons. The molecule has 2 unspecified atom stereocenters. The number of unbranched alkanes of at least 4 members (excludes halogenated alkanes) is 1. The van der Waals surface area contributed by atoms with E-state index in [1.54, 1.807) is 14.2 Å². The van der Waals surface area contributed by atoms with Crippen molar-refractivity contribution in [1.82, 2.24) is 0 Å². The molecule has 0 radical (unpaired) electrons. The van der Waals surface area contributed by atoms with E-state index in [-0.39, 0.29) is 5.92 Å². The number of hydrogen-bond donors (Lipinski definition) is 1. The van der Waals surface area contributed by atoms with Gasteiger partial charge in [-0.05, 0) is 30.0 Å². The highest BCUT2D eigenvalue weighted by Crippen LogP contribution is 2.31. The number of methoxy groups -OCH3 is 2. The second-order valence-corrected chi connectivity index (χ2v) is 4.71. The van der Waals surface area contributed by atoms with Crippen LogP contribution in [0.15, 0.2) is 18.2 Å². The average molecular weight is 252 g/mol. The molecule has 0 spiro atoms. The Morgan fingerprint density at radius 1 is 1.11 bits per heavy atom. The van der Waals surface area contributed by atoms with E-state index in [0.717, 1.165) is 24.8 Å². The van der Waals surface area contributed by atoms with Gasteiger partial charge in [0.2, 0.25) is 0 Å². The van der Waals surface area contributed by atoms with E-state index in [9.17, 15) is 5.11 Å². The lowest BCUT2D eigenvalue weighted by Gasteiger charge is -2.20. The fourth-order valence-corrected chi connectivity index (χ4v) is 2.01. The minimum atomic E-state index is -0.472. The topological polar surface area (TPSA) is 38.7 Å². The van der Waals surface area contributed by atoms with Gasteiger partial charge in [0.05, 0.1) is 20.3 Å². The van der Waals surface area contributed by atoms with Gasteiger partial charge in [-0.3, -0.25) is 0 Å². The lowest BCUT2D eigenvalue weighted by molar-refractivity contribution is 0.111. The first-order valence-electron chi connectivity index (χ1n) is 6.53. The number of aliphatic hydroxyl groups is 1. The smallest absolute Gasteiger partial charge is 0.122 e. The zero-order valence-electron chi connectivity index (χ0n) is 11.8. The standard InChI is InChI=1S/C15H24O3/c1-5-6-7-11(2)15(16)12-8-13(17-3)10-14(9-12)18-4/h8-11,15-16H,5-7H2,1-4H3. The first-order valence-corrected chi connectivity index (χ1v) is 6.53. The molecule has 0 saturated heterocycles. The molecule has 0 fully saturated rings. The predicted octanol–water partition coefficient (Wildman–Crippen LogP) is 3.56. The Morgan fingerprint density at radius 3 is 2.11 bits per heavy atom. The summed E-state index contributed by atoms with van der Waals surface area (Å²) in [5.41, 5.74) is 0.856. The second-order valence-electron chi connectivity index (χ2n) is 4.71. The van der Waals surface area contributed by atoms with Crippen LogP contribution in [0.1, 0.15) is 44.8 Å². The van der Waals surface area contributed by atoms with Crippen molar-refractivity contribution in [1.29, 1.82) is 0 Å². The minimum Gasteiger partial charge on any atom is -0.497 e. The fraction of sp³-hybridized carbons (Fsp3) is 0.600. The molecule has 1 aromatic rings. The van der Waals surface area contributed by atoms with Gasteiger partial charge in [-0.25, -0.2) is 0 Å². The summed E-state index contributed by atoms with van der Waals surface area (Å²) in [5.74, 6) is 1.67. The third-order valence-electron chi connectivity index (χ3n) is 3.27. The quantitative estimate of drug-likeness (QED) is 0.806. The predicted molar refractivity (Wildman–Crippen MR) is 73.2 cm³/mol. The van der Waals surface area contributed by atoms with Crippen LogP contribution in [0.3, 0.4) is 0 Å². The van der Waals surface area contributed by atoms with Gasteiger partial charge in [0.1, 0.15) is 11.5 Å². The maximum Gasteiger partial charge on any atom is 0.122 e. The minimum absolute atomic E-state index is 0.238. The molecule has 18 heavy (non-hydrogen) atoms. The van der Waals surface area contributed by atoms with Crippen LogP contribution in [0.4, 0.5) is 0 Å². The summed E-state index contributed by atoms with van der Waals surface area (Å²) >= 11 is 0. The highest BCUT2D eigenvalue weighted by molar-refractivity contribution is 5.39. The maximum absolute atomic E-state index is 10.3. The summed E-state index contributed by atoms with van der Waals surface area (Å²) in [5, 5.41) is 10.3. The Hall–Kier alpha value is -1.22. The maximum atomic E-state index is 10.3. The third kappa shape index (κ3) is 3.91. The molecular weight excluding hydrogens is 228 g/mol. The summed E-state index contributed by atoms with van der Waals surface area (Å²) in [6, 6.07) is 5.55. The number of hydrogen-bond acceptors (Lipinski definition) is 3. The molecule has 1 aromatic carbocycles. The van der Waals surface area contributed by atoms with Crippen LogP contribution >= 0.6 is 0 Å². The molecular formula is C15H24O3. The van der Waals surface area contributed by atoms with Gasteiger partial charge in [0, 0.05) is 6.07 Å². The molecule has 1 N–H and O–H groups in total. The van der Waals surface area contributed by atoms with Crippen LogP contribution in [0.2, 0.25) is 0 Å². The molecule has 1 rings (SSSR count). The normalized spacial score (nSPS) is 14.1. The highest BCUT2D eigenvalue weighted by Gasteiger charge is 2.17. The first kappa shape index (κ1) is 14.8. The van der Waals surface area contributed by atoms with E-state index in [0.29, 0.717) is 11.5 Å². The van der Waals surface area contributed by atoms with Crippen LogP contribution < -0.4 is 9.47 Å². The van der Waals surface area contributed by atoms with Gasteiger partial charge in [-0.2, -0.15) is 0 Å². The number of rotatable bonds is 7. The van der Waals surface area contributed by atoms with Gasteiger partial charge in [-0.1, -0.05) is 26.7 Å². The zero-order chi connectivity index (χ0) is 13.5. The Labute approximate surface area is 110 Å². The van der Waals surface area contributed by atoms with Crippen LogP contribution in [0.25, 0.3) is 0 Å². The van der Waals surface area contributed by atoms with Gasteiger partial charge in [0.25, 0.3) is 0 Å². The molecule has 0 heterocycles. The molecule has 2 atom stereocenters. The highest BCUT2D eigenvalue weighted by atomic mass is 16.5. The lowest BCUT2D eigenvalue weighted by Crippen LogP contribution is -2.09. The second kappa shape index (κ2) is 7.27. The van der Waals surface area contributed by atoms with E-state index in [1.165, 1.54) is 0 Å². The van der Waals surface area contributed by atoms with Crippen molar-refractivity contribution >= 4 is 0 Å². The van der Waals surface area contributed by atoms with Crippen molar-refractivity contribution in [2.45, 2.75) is 39.2 Å². The molecule has 0 aliphatic heterocycles. The van der Waals surface area contributed by atoms with Crippen molar-refractivity contribution in [3.63, 3.8) is 0 Å². The summed E-state index contributed by atoms with van der Waals surface area (Å²) < 4.78 is 10.4. The summed E-state index contributed by atoms with van der Waals surface area (Å²) in [6.45, 7) is 4.24. The van der Waals surface area contributed by atoms with E-state index < -0.39 is 6.10 Å². The van der Waals surface area contributed by atoms with Crippen LogP contribution in [-0.4, -0.2) is 19.3 Å². The lowest BCUT2D eigenvalue weighted by atomic mass is 9.92. The summed E-state index contributed by atoms with van der Waals surface area (Å²) in [4.78, 5) is 0. The van der Waals surface area contributed by atoms with E-state index in [2.05, 4.69) is 13.8 Å². The van der Waals surface area contributed by atoms with Gasteiger partial charge >= 0.3 is 0 Å². The third-order valence-corrected chi connectivity index (χ3v) is 3.27. The SMILES string of the molecule is CCCCC(C)C(O)c1cc(OC)cc(OC)c1. The Morgan fingerprint density at radius 2 is 1.67 bits per heavy atom. The number of ether oxygens (including phenoxy) is 2. The van der Waals surface area contributed by atoms with Crippen LogP contribution in [0, 0.1) is 5.92 Å². The van der Waals surface area contributed by atoms with Gasteiger partial charge in [0.15, 0.2) is 0 Å². The van der Waals surface area contributed by atoms with Crippen molar-refractivity contribution in [2.24, 2.45) is 5.92 Å².